The fourth-order valence-electron chi connectivity index (χ4n) is 1.67. The topological polar surface area (TPSA) is 42.4 Å². The minimum Gasteiger partial charge on any atom is -0.457 e. The second kappa shape index (κ2) is 6.05. The predicted octanol–water partition coefficient (Wildman–Crippen LogP) is 3.65. The molecule has 4 nitrogen and oxygen atoms in total. The summed E-state index contributed by atoms with van der Waals surface area (Å²) in [7, 11) is 3.38. The Hall–Kier alpha value is -1.88. The van der Waals surface area contributed by atoms with Crippen LogP contribution >= 0.6 is 15.9 Å². The molecule has 0 spiro atoms. The largest absolute Gasteiger partial charge is 0.457 e. The Kier molecular flexibility index (Phi) is 4.39. The number of hydrogen-bond donors (Lipinski definition) is 0. The van der Waals surface area contributed by atoms with E-state index in [-0.39, 0.29) is 5.91 Å². The summed E-state index contributed by atoms with van der Waals surface area (Å²) in [6.45, 7) is 1.97. The van der Waals surface area contributed by atoms with E-state index >= 15 is 0 Å². The smallest absolute Gasteiger partial charge is 0.272 e. The van der Waals surface area contributed by atoms with Gasteiger partial charge in [0.15, 0.2) is 0 Å². The molecule has 0 bridgehead atoms. The third-order valence-corrected chi connectivity index (χ3v) is 3.21. The lowest BCUT2D eigenvalue weighted by molar-refractivity contribution is 0.0821. The SMILES string of the molecule is Cc1cc(Br)ccc1Oc1ccnc(C(=O)N(C)C)c1. The van der Waals surface area contributed by atoms with E-state index < -0.39 is 0 Å². The molecule has 0 atom stereocenters. The maximum absolute atomic E-state index is 11.9. The number of rotatable bonds is 3. The summed E-state index contributed by atoms with van der Waals surface area (Å²) in [5.41, 5.74) is 1.37. The van der Waals surface area contributed by atoms with Gasteiger partial charge in [0.2, 0.25) is 0 Å². The number of benzene rings is 1. The van der Waals surface area contributed by atoms with Crippen LogP contribution in [0, 0.1) is 6.92 Å². The summed E-state index contributed by atoms with van der Waals surface area (Å²) < 4.78 is 6.80. The van der Waals surface area contributed by atoms with Crippen LogP contribution in [0.2, 0.25) is 0 Å². The van der Waals surface area contributed by atoms with Crippen molar-refractivity contribution >= 4 is 21.8 Å². The van der Waals surface area contributed by atoms with Crippen LogP contribution in [0.4, 0.5) is 0 Å². The average molecular weight is 335 g/mol. The molecule has 20 heavy (non-hydrogen) atoms. The number of ether oxygens (including phenoxy) is 1. The molecular formula is C15H15BrN2O2. The van der Waals surface area contributed by atoms with Crippen LogP contribution in [0.5, 0.6) is 11.5 Å². The van der Waals surface area contributed by atoms with E-state index in [4.69, 9.17) is 4.74 Å². The van der Waals surface area contributed by atoms with Crippen molar-refractivity contribution in [2.75, 3.05) is 14.1 Å². The lowest BCUT2D eigenvalue weighted by atomic mass is 10.2. The van der Waals surface area contributed by atoms with Gasteiger partial charge in [0.1, 0.15) is 17.2 Å². The molecule has 1 aromatic carbocycles. The normalized spacial score (nSPS) is 10.2. The van der Waals surface area contributed by atoms with Crippen molar-refractivity contribution in [3.8, 4) is 11.5 Å². The van der Waals surface area contributed by atoms with Crippen molar-refractivity contribution in [3.63, 3.8) is 0 Å². The Bertz CT molecular complexity index is 642. The monoisotopic (exact) mass is 334 g/mol. The van der Waals surface area contributed by atoms with Crippen LogP contribution in [0.15, 0.2) is 41.0 Å². The second-order valence-electron chi connectivity index (χ2n) is 4.59. The van der Waals surface area contributed by atoms with E-state index in [1.165, 1.54) is 4.90 Å². The highest BCUT2D eigenvalue weighted by atomic mass is 79.9. The number of nitrogens with zero attached hydrogens (tertiary/aromatic N) is 2. The number of carbonyl (C=O) groups excluding carboxylic acids is 1. The highest BCUT2D eigenvalue weighted by Crippen LogP contribution is 2.27. The van der Waals surface area contributed by atoms with Crippen LogP contribution in [-0.4, -0.2) is 29.9 Å². The minimum absolute atomic E-state index is 0.150. The average Bonchev–Trinajstić information content (AvgIpc) is 2.41. The highest BCUT2D eigenvalue weighted by Gasteiger charge is 2.11. The number of carbonyl (C=O) groups is 1. The summed E-state index contributed by atoms with van der Waals surface area (Å²) in [6, 6.07) is 9.14. The van der Waals surface area contributed by atoms with E-state index in [2.05, 4.69) is 20.9 Å². The van der Waals surface area contributed by atoms with Gasteiger partial charge < -0.3 is 9.64 Å². The van der Waals surface area contributed by atoms with Crippen LogP contribution in [0.3, 0.4) is 0 Å². The maximum Gasteiger partial charge on any atom is 0.272 e. The van der Waals surface area contributed by atoms with Crippen molar-refractivity contribution in [1.82, 2.24) is 9.88 Å². The molecule has 2 aromatic rings. The zero-order chi connectivity index (χ0) is 14.7. The molecule has 0 N–H and O–H groups in total. The van der Waals surface area contributed by atoms with E-state index in [1.807, 2.05) is 25.1 Å². The van der Waals surface area contributed by atoms with E-state index in [9.17, 15) is 4.79 Å². The van der Waals surface area contributed by atoms with Crippen molar-refractivity contribution < 1.29 is 9.53 Å². The van der Waals surface area contributed by atoms with E-state index in [1.54, 1.807) is 32.4 Å². The first kappa shape index (κ1) is 14.5. The number of halogens is 1. The number of amides is 1. The molecule has 0 saturated carbocycles. The lowest BCUT2D eigenvalue weighted by Gasteiger charge is -2.12. The van der Waals surface area contributed by atoms with Gasteiger partial charge in [-0.25, -0.2) is 0 Å². The van der Waals surface area contributed by atoms with E-state index in [0.717, 1.165) is 15.8 Å². The standard InChI is InChI=1S/C15H15BrN2O2/c1-10-8-11(16)4-5-14(10)20-12-6-7-17-13(9-12)15(19)18(2)3/h4-9H,1-3H3. The fourth-order valence-corrected chi connectivity index (χ4v) is 2.15. The van der Waals surface area contributed by atoms with Crippen molar-refractivity contribution in [2.24, 2.45) is 0 Å². The van der Waals surface area contributed by atoms with Gasteiger partial charge in [0.25, 0.3) is 5.91 Å². The summed E-state index contributed by atoms with van der Waals surface area (Å²) >= 11 is 3.41. The van der Waals surface area contributed by atoms with Gasteiger partial charge in [-0.1, -0.05) is 15.9 Å². The molecule has 0 unspecified atom stereocenters. The Morgan fingerprint density at radius 1 is 1.25 bits per heavy atom. The third kappa shape index (κ3) is 3.36. The van der Waals surface area contributed by atoms with Gasteiger partial charge in [-0.2, -0.15) is 0 Å². The van der Waals surface area contributed by atoms with Crippen molar-refractivity contribution in [1.29, 1.82) is 0 Å². The van der Waals surface area contributed by atoms with Crippen molar-refractivity contribution in [2.45, 2.75) is 6.92 Å². The fraction of sp³-hybridized carbons (Fsp3) is 0.200. The molecule has 104 valence electrons. The number of aryl methyl sites for hydroxylation is 1. The molecule has 1 amide bonds. The Morgan fingerprint density at radius 2 is 2.00 bits per heavy atom. The number of hydrogen-bond acceptors (Lipinski definition) is 3. The van der Waals surface area contributed by atoms with Crippen LogP contribution < -0.4 is 4.74 Å². The molecule has 0 saturated heterocycles. The molecule has 0 aliphatic heterocycles. The van der Waals surface area contributed by atoms with Crippen LogP contribution in [0.25, 0.3) is 0 Å². The van der Waals surface area contributed by atoms with Crippen LogP contribution in [0.1, 0.15) is 16.1 Å². The van der Waals surface area contributed by atoms with Gasteiger partial charge in [-0.3, -0.25) is 9.78 Å². The number of pyridine rings is 1. The Labute approximate surface area is 126 Å². The summed E-state index contributed by atoms with van der Waals surface area (Å²) in [5, 5.41) is 0. The zero-order valence-corrected chi connectivity index (χ0v) is 13.1. The first-order valence-electron chi connectivity index (χ1n) is 6.09. The number of aromatic nitrogens is 1. The van der Waals surface area contributed by atoms with Crippen molar-refractivity contribution in [3.05, 3.63) is 52.3 Å². The summed E-state index contributed by atoms with van der Waals surface area (Å²) in [6.07, 6.45) is 1.57. The molecule has 0 radical (unpaired) electrons. The molecular weight excluding hydrogens is 320 g/mol. The quantitative estimate of drug-likeness (QED) is 0.860. The van der Waals surface area contributed by atoms with Gasteiger partial charge in [0.05, 0.1) is 0 Å². The third-order valence-electron chi connectivity index (χ3n) is 2.72. The van der Waals surface area contributed by atoms with Crippen LogP contribution in [-0.2, 0) is 0 Å². The summed E-state index contributed by atoms with van der Waals surface area (Å²) in [4.78, 5) is 17.4. The molecule has 0 fully saturated rings. The summed E-state index contributed by atoms with van der Waals surface area (Å²) in [5.74, 6) is 1.20. The zero-order valence-electron chi connectivity index (χ0n) is 11.6. The minimum atomic E-state index is -0.150. The molecule has 1 heterocycles. The molecule has 0 aliphatic rings. The van der Waals surface area contributed by atoms with E-state index in [0.29, 0.717) is 11.4 Å². The highest BCUT2D eigenvalue weighted by molar-refractivity contribution is 9.10. The van der Waals surface area contributed by atoms with Gasteiger partial charge >= 0.3 is 0 Å². The van der Waals surface area contributed by atoms with Gasteiger partial charge in [0, 0.05) is 30.8 Å². The Morgan fingerprint density at radius 3 is 2.65 bits per heavy atom. The lowest BCUT2D eigenvalue weighted by Crippen LogP contribution is -2.22. The predicted molar refractivity (Wildman–Crippen MR) is 81.2 cm³/mol. The first-order valence-corrected chi connectivity index (χ1v) is 6.88. The second-order valence-corrected chi connectivity index (χ2v) is 5.50. The molecule has 1 aromatic heterocycles. The molecule has 5 heteroatoms. The van der Waals surface area contributed by atoms with Gasteiger partial charge in [-0.05, 0) is 36.8 Å². The maximum atomic E-state index is 11.9. The molecule has 0 aliphatic carbocycles. The Balaban J connectivity index is 2.26. The van der Waals surface area contributed by atoms with Gasteiger partial charge in [-0.15, -0.1) is 0 Å². The first-order chi connectivity index (χ1) is 9.47. The molecule has 2 rings (SSSR count).